The van der Waals surface area contributed by atoms with Crippen LogP contribution in [0.15, 0.2) is 4.99 Å². The van der Waals surface area contributed by atoms with E-state index in [1.165, 1.54) is 0 Å². The molecule has 8 heteroatoms. The van der Waals surface area contributed by atoms with Gasteiger partial charge in [0.15, 0.2) is 5.96 Å². The lowest BCUT2D eigenvalue weighted by Gasteiger charge is -2.35. The maximum Gasteiger partial charge on any atom is 0.191 e. The summed E-state index contributed by atoms with van der Waals surface area (Å²) in [4.78, 5) is 7.50. The SMILES string of the molecule is CCNC(=NCC(CC(C)C)N1CCOCC1)NC1CCCC(S(=O)CC)C1.I. The second kappa shape index (κ2) is 15.0. The molecule has 2 fully saturated rings. The van der Waals surface area contributed by atoms with Gasteiger partial charge in [-0.05, 0) is 38.5 Å². The van der Waals surface area contributed by atoms with Crippen LogP contribution >= 0.6 is 24.0 Å². The highest BCUT2D eigenvalue weighted by Gasteiger charge is 2.26. The Labute approximate surface area is 197 Å². The summed E-state index contributed by atoms with van der Waals surface area (Å²) in [7, 11) is -0.693. The van der Waals surface area contributed by atoms with E-state index in [9.17, 15) is 4.21 Å². The largest absolute Gasteiger partial charge is 0.379 e. The molecule has 0 bridgehead atoms. The summed E-state index contributed by atoms with van der Waals surface area (Å²) in [6, 6.07) is 0.838. The van der Waals surface area contributed by atoms with Crippen molar-refractivity contribution in [1.82, 2.24) is 15.5 Å². The number of ether oxygens (including phenoxy) is 1. The summed E-state index contributed by atoms with van der Waals surface area (Å²) in [5.74, 6) is 2.33. The van der Waals surface area contributed by atoms with Gasteiger partial charge in [-0.2, -0.15) is 0 Å². The zero-order valence-electron chi connectivity index (χ0n) is 18.8. The Morgan fingerprint density at radius 2 is 1.97 bits per heavy atom. The number of halogens is 1. The molecule has 0 aromatic rings. The van der Waals surface area contributed by atoms with Crippen LogP contribution in [0.25, 0.3) is 0 Å². The van der Waals surface area contributed by atoms with Gasteiger partial charge in [0.2, 0.25) is 0 Å². The Bertz CT molecular complexity index is 501. The first-order chi connectivity index (χ1) is 13.5. The number of nitrogens with one attached hydrogen (secondary N) is 2. The molecule has 0 radical (unpaired) electrons. The molecule has 1 saturated heterocycles. The van der Waals surface area contributed by atoms with Crippen molar-refractivity contribution in [2.75, 3.05) is 45.1 Å². The first-order valence-corrected chi connectivity index (χ1v) is 12.6. The Morgan fingerprint density at radius 1 is 1.24 bits per heavy atom. The van der Waals surface area contributed by atoms with Crippen molar-refractivity contribution in [1.29, 1.82) is 0 Å². The van der Waals surface area contributed by atoms with E-state index in [0.29, 0.717) is 23.3 Å². The standard InChI is InChI=1S/C21H42N4O2S.HI/c1-5-22-21(24-18-8-7-9-20(15-18)28(26)6-2)23-16-19(14-17(3)4)25-10-12-27-13-11-25;/h17-20H,5-16H2,1-4H3,(H2,22,23,24);1H. The van der Waals surface area contributed by atoms with Crippen LogP contribution < -0.4 is 10.6 Å². The minimum Gasteiger partial charge on any atom is -0.379 e. The van der Waals surface area contributed by atoms with Gasteiger partial charge in [-0.1, -0.05) is 27.2 Å². The number of hydrogen-bond donors (Lipinski definition) is 2. The Kier molecular flexibility index (Phi) is 14.0. The van der Waals surface area contributed by atoms with Gasteiger partial charge in [0.25, 0.3) is 0 Å². The number of rotatable bonds is 9. The van der Waals surface area contributed by atoms with E-state index in [0.717, 1.165) is 83.2 Å². The van der Waals surface area contributed by atoms with Crippen molar-refractivity contribution in [3.63, 3.8) is 0 Å². The molecular weight excluding hydrogens is 499 g/mol. The molecule has 0 spiro atoms. The van der Waals surface area contributed by atoms with E-state index < -0.39 is 10.8 Å². The quantitative estimate of drug-likeness (QED) is 0.267. The number of aliphatic imine (C=N–C) groups is 1. The average Bonchev–Trinajstić information content (AvgIpc) is 2.71. The topological polar surface area (TPSA) is 66.0 Å². The van der Waals surface area contributed by atoms with E-state index in [1.807, 2.05) is 6.92 Å². The summed E-state index contributed by atoms with van der Waals surface area (Å²) < 4.78 is 17.8. The van der Waals surface area contributed by atoms with Gasteiger partial charge in [0, 0.05) is 53.5 Å². The van der Waals surface area contributed by atoms with E-state index in [4.69, 9.17) is 9.73 Å². The zero-order valence-corrected chi connectivity index (χ0v) is 22.0. The van der Waals surface area contributed by atoms with Crippen LogP contribution in [0.5, 0.6) is 0 Å². The molecule has 2 N–H and O–H groups in total. The van der Waals surface area contributed by atoms with Gasteiger partial charge >= 0.3 is 0 Å². The summed E-state index contributed by atoms with van der Waals surface area (Å²) in [6.07, 6.45) is 5.53. The zero-order chi connectivity index (χ0) is 20.4. The van der Waals surface area contributed by atoms with Crippen molar-refractivity contribution in [2.45, 2.75) is 77.1 Å². The fourth-order valence-corrected chi connectivity index (χ4v) is 5.63. The lowest BCUT2D eigenvalue weighted by atomic mass is 9.95. The second-order valence-electron chi connectivity index (χ2n) is 8.45. The fourth-order valence-electron chi connectivity index (χ4n) is 4.29. The molecular formula is C21H43IN4O2S. The number of morpholine rings is 1. The third kappa shape index (κ3) is 9.82. The summed E-state index contributed by atoms with van der Waals surface area (Å²) in [5, 5.41) is 7.39. The smallest absolute Gasteiger partial charge is 0.191 e. The molecule has 1 heterocycles. The van der Waals surface area contributed by atoms with Crippen molar-refractivity contribution < 1.29 is 8.95 Å². The highest BCUT2D eigenvalue weighted by atomic mass is 127. The molecule has 0 aromatic heterocycles. The van der Waals surface area contributed by atoms with Crippen LogP contribution in [0, 0.1) is 5.92 Å². The van der Waals surface area contributed by atoms with E-state index in [2.05, 4.69) is 36.3 Å². The van der Waals surface area contributed by atoms with Gasteiger partial charge in [0.05, 0.1) is 19.8 Å². The minimum atomic E-state index is -0.693. The van der Waals surface area contributed by atoms with E-state index in [-0.39, 0.29) is 24.0 Å². The van der Waals surface area contributed by atoms with E-state index >= 15 is 0 Å². The Morgan fingerprint density at radius 3 is 2.59 bits per heavy atom. The molecule has 2 rings (SSSR count). The molecule has 29 heavy (non-hydrogen) atoms. The lowest BCUT2D eigenvalue weighted by molar-refractivity contribution is 0.0143. The van der Waals surface area contributed by atoms with E-state index in [1.54, 1.807) is 0 Å². The monoisotopic (exact) mass is 542 g/mol. The van der Waals surface area contributed by atoms with Gasteiger partial charge in [-0.15, -0.1) is 24.0 Å². The predicted octanol–water partition coefficient (Wildman–Crippen LogP) is 2.99. The molecule has 1 aliphatic carbocycles. The first kappa shape index (κ1) is 27.1. The summed E-state index contributed by atoms with van der Waals surface area (Å²) >= 11 is 0. The van der Waals surface area contributed by atoms with Crippen LogP contribution in [0.4, 0.5) is 0 Å². The Hall–Kier alpha value is 0.0700. The normalized spacial score (nSPS) is 25.9. The number of nitrogens with zero attached hydrogens (tertiary/aromatic N) is 2. The summed E-state index contributed by atoms with van der Waals surface area (Å²) in [5.41, 5.74) is 0. The number of hydrogen-bond acceptors (Lipinski definition) is 4. The van der Waals surface area contributed by atoms with Crippen molar-refractivity contribution >= 4 is 40.7 Å². The van der Waals surface area contributed by atoms with Gasteiger partial charge in [-0.25, -0.2) is 0 Å². The van der Waals surface area contributed by atoms with Gasteiger partial charge in [0.1, 0.15) is 0 Å². The molecule has 0 amide bonds. The molecule has 1 saturated carbocycles. The van der Waals surface area contributed by atoms with Crippen molar-refractivity contribution in [2.24, 2.45) is 10.9 Å². The molecule has 172 valence electrons. The van der Waals surface area contributed by atoms with Gasteiger partial charge < -0.3 is 15.4 Å². The highest BCUT2D eigenvalue weighted by molar-refractivity contribution is 14.0. The van der Waals surface area contributed by atoms with Crippen molar-refractivity contribution in [3.8, 4) is 0 Å². The van der Waals surface area contributed by atoms with Crippen molar-refractivity contribution in [3.05, 3.63) is 0 Å². The highest BCUT2D eigenvalue weighted by Crippen LogP contribution is 2.23. The average molecular weight is 543 g/mol. The molecule has 4 atom stereocenters. The lowest BCUT2D eigenvalue weighted by Crippen LogP contribution is -2.48. The van der Waals surface area contributed by atoms with Crippen LogP contribution in [0.1, 0.15) is 59.8 Å². The maximum atomic E-state index is 12.2. The fraction of sp³-hybridized carbons (Fsp3) is 0.952. The molecule has 0 aromatic carbocycles. The van der Waals surface area contributed by atoms with Crippen LogP contribution in [0.3, 0.4) is 0 Å². The molecule has 4 unspecified atom stereocenters. The molecule has 6 nitrogen and oxygen atoms in total. The first-order valence-electron chi connectivity index (χ1n) is 11.3. The Balaban J connectivity index is 0.00000420. The van der Waals surface area contributed by atoms with Crippen LogP contribution in [-0.2, 0) is 15.5 Å². The third-order valence-electron chi connectivity index (χ3n) is 5.73. The number of guanidine groups is 1. The third-order valence-corrected chi connectivity index (χ3v) is 7.47. The molecule has 2 aliphatic rings. The maximum absolute atomic E-state index is 12.2. The summed E-state index contributed by atoms with van der Waals surface area (Å²) in [6.45, 7) is 14.0. The second-order valence-corrected chi connectivity index (χ2v) is 10.5. The van der Waals surface area contributed by atoms with Crippen LogP contribution in [0.2, 0.25) is 0 Å². The predicted molar refractivity (Wildman–Crippen MR) is 135 cm³/mol. The molecule has 1 aliphatic heterocycles. The van der Waals surface area contributed by atoms with Gasteiger partial charge in [-0.3, -0.25) is 14.1 Å². The minimum absolute atomic E-state index is 0. The van der Waals surface area contributed by atoms with Crippen LogP contribution in [-0.4, -0.2) is 77.5 Å².